The largest absolute Gasteiger partial charge is 0.373 e. The molecule has 1 saturated carbocycles. The van der Waals surface area contributed by atoms with Gasteiger partial charge in [0, 0.05) is 6.54 Å². The molecule has 0 aliphatic heterocycles. The molecule has 19 heavy (non-hydrogen) atoms. The van der Waals surface area contributed by atoms with E-state index in [-0.39, 0.29) is 5.82 Å². The van der Waals surface area contributed by atoms with Crippen molar-refractivity contribution in [1.29, 1.82) is 0 Å². The quantitative estimate of drug-likeness (QED) is 0.879. The van der Waals surface area contributed by atoms with Crippen LogP contribution in [0.3, 0.4) is 0 Å². The summed E-state index contributed by atoms with van der Waals surface area (Å²) in [5, 5.41) is 0. The fourth-order valence-electron chi connectivity index (χ4n) is 2.98. The summed E-state index contributed by atoms with van der Waals surface area (Å²) >= 11 is 0. The van der Waals surface area contributed by atoms with E-state index in [1.165, 1.54) is 25.3 Å². The molecule has 3 heteroatoms. The maximum absolute atomic E-state index is 13.3. The van der Waals surface area contributed by atoms with Crippen LogP contribution in [0, 0.1) is 11.7 Å². The topological polar surface area (TPSA) is 35.2 Å². The fourth-order valence-corrected chi connectivity index (χ4v) is 2.98. The predicted molar refractivity (Wildman–Crippen MR) is 75.1 cm³/mol. The molecule has 2 unspecified atom stereocenters. The van der Waals surface area contributed by atoms with Crippen molar-refractivity contribution in [2.75, 3.05) is 0 Å². The number of nitrogens with two attached hydrogens (primary N) is 1. The molecule has 0 spiro atoms. The molecule has 0 bridgehead atoms. The Bertz CT molecular complexity index is 408. The van der Waals surface area contributed by atoms with Gasteiger partial charge in [0.05, 0.1) is 12.7 Å². The first-order valence-electron chi connectivity index (χ1n) is 7.33. The van der Waals surface area contributed by atoms with Gasteiger partial charge in [-0.1, -0.05) is 32.3 Å². The van der Waals surface area contributed by atoms with Gasteiger partial charge in [0.25, 0.3) is 0 Å². The summed E-state index contributed by atoms with van der Waals surface area (Å²) in [4.78, 5) is 0. The van der Waals surface area contributed by atoms with Gasteiger partial charge >= 0.3 is 0 Å². The molecular weight excluding hydrogens is 241 g/mol. The second-order valence-electron chi connectivity index (χ2n) is 5.42. The molecule has 2 rings (SSSR count). The molecule has 0 aromatic heterocycles. The molecule has 1 fully saturated rings. The van der Waals surface area contributed by atoms with Crippen LogP contribution in [0.15, 0.2) is 18.2 Å². The van der Waals surface area contributed by atoms with E-state index in [1.54, 1.807) is 12.1 Å². The Balaban J connectivity index is 1.99. The molecule has 1 aliphatic rings. The lowest BCUT2D eigenvalue weighted by Gasteiger charge is -2.31. The van der Waals surface area contributed by atoms with Crippen molar-refractivity contribution in [3.05, 3.63) is 35.1 Å². The van der Waals surface area contributed by atoms with Gasteiger partial charge in [0.2, 0.25) is 0 Å². The van der Waals surface area contributed by atoms with Crippen molar-refractivity contribution >= 4 is 0 Å². The van der Waals surface area contributed by atoms with Crippen molar-refractivity contribution in [2.24, 2.45) is 11.7 Å². The Morgan fingerprint density at radius 3 is 2.79 bits per heavy atom. The van der Waals surface area contributed by atoms with E-state index in [0.29, 0.717) is 25.2 Å². The van der Waals surface area contributed by atoms with Crippen molar-refractivity contribution in [3.8, 4) is 0 Å². The van der Waals surface area contributed by atoms with Gasteiger partial charge in [-0.15, -0.1) is 0 Å². The lowest BCUT2D eigenvalue weighted by Crippen LogP contribution is -2.27. The Hall–Kier alpha value is -0.930. The van der Waals surface area contributed by atoms with E-state index < -0.39 is 0 Å². The molecule has 0 heterocycles. The second kappa shape index (κ2) is 7.01. The highest BCUT2D eigenvalue weighted by Gasteiger charge is 2.24. The number of ether oxygens (including phenoxy) is 1. The van der Waals surface area contributed by atoms with Crippen LogP contribution in [0.25, 0.3) is 0 Å². The van der Waals surface area contributed by atoms with Gasteiger partial charge in [0.1, 0.15) is 5.82 Å². The first kappa shape index (κ1) is 14.5. The van der Waals surface area contributed by atoms with E-state index >= 15 is 0 Å². The summed E-state index contributed by atoms with van der Waals surface area (Å²) in [5.74, 6) is 0.440. The van der Waals surface area contributed by atoms with Crippen LogP contribution >= 0.6 is 0 Å². The molecule has 1 aliphatic carbocycles. The Morgan fingerprint density at radius 2 is 2.05 bits per heavy atom. The third kappa shape index (κ3) is 3.77. The molecule has 0 radical (unpaired) electrons. The van der Waals surface area contributed by atoms with E-state index in [2.05, 4.69) is 6.92 Å². The minimum atomic E-state index is -0.216. The van der Waals surface area contributed by atoms with Gasteiger partial charge in [0.15, 0.2) is 0 Å². The number of benzene rings is 1. The summed E-state index contributed by atoms with van der Waals surface area (Å²) in [6.45, 7) is 3.13. The zero-order valence-corrected chi connectivity index (χ0v) is 11.7. The van der Waals surface area contributed by atoms with E-state index in [0.717, 1.165) is 24.0 Å². The minimum Gasteiger partial charge on any atom is -0.373 e. The molecule has 2 nitrogen and oxygen atoms in total. The van der Waals surface area contributed by atoms with Crippen molar-refractivity contribution in [3.63, 3.8) is 0 Å². The molecule has 1 aromatic rings. The average molecular weight is 265 g/mol. The van der Waals surface area contributed by atoms with Crippen LogP contribution in [-0.4, -0.2) is 6.10 Å². The Kier molecular flexibility index (Phi) is 5.34. The van der Waals surface area contributed by atoms with Crippen LogP contribution in [0.2, 0.25) is 0 Å². The van der Waals surface area contributed by atoms with Gasteiger partial charge in [-0.2, -0.15) is 0 Å². The van der Waals surface area contributed by atoms with Crippen molar-refractivity contribution < 1.29 is 9.13 Å². The molecule has 0 amide bonds. The standard InChI is InChI=1S/C16H24FNO/c1-2-12-5-3-4-6-16(12)19-11-14-9-15(17)8-7-13(14)10-18/h7-9,12,16H,2-6,10-11,18H2,1H3. The summed E-state index contributed by atoms with van der Waals surface area (Å²) in [7, 11) is 0. The maximum atomic E-state index is 13.3. The zero-order chi connectivity index (χ0) is 13.7. The van der Waals surface area contributed by atoms with Crippen LogP contribution in [0.1, 0.15) is 50.2 Å². The van der Waals surface area contributed by atoms with Gasteiger partial charge in [-0.25, -0.2) is 4.39 Å². The van der Waals surface area contributed by atoms with Crippen LogP contribution in [0.4, 0.5) is 4.39 Å². The SMILES string of the molecule is CCC1CCCCC1OCc1cc(F)ccc1CN. The van der Waals surface area contributed by atoms with Crippen molar-refractivity contribution in [2.45, 2.75) is 58.3 Å². The smallest absolute Gasteiger partial charge is 0.123 e. The summed E-state index contributed by atoms with van der Waals surface area (Å²) in [6, 6.07) is 4.76. The predicted octanol–water partition coefficient (Wildman–Crippen LogP) is 3.77. The molecule has 106 valence electrons. The third-order valence-electron chi connectivity index (χ3n) is 4.20. The summed E-state index contributed by atoms with van der Waals surface area (Å²) in [5.41, 5.74) is 7.55. The summed E-state index contributed by atoms with van der Waals surface area (Å²) in [6.07, 6.45) is 6.44. The maximum Gasteiger partial charge on any atom is 0.123 e. The van der Waals surface area contributed by atoms with Crippen molar-refractivity contribution in [1.82, 2.24) is 0 Å². The van der Waals surface area contributed by atoms with Gasteiger partial charge in [-0.05, 0) is 42.0 Å². The Labute approximate surface area is 115 Å². The van der Waals surface area contributed by atoms with Gasteiger partial charge in [-0.3, -0.25) is 0 Å². The normalized spacial score (nSPS) is 23.5. The molecule has 0 saturated heterocycles. The average Bonchev–Trinajstić information content (AvgIpc) is 2.45. The highest BCUT2D eigenvalue weighted by Crippen LogP contribution is 2.30. The number of hydrogen-bond acceptors (Lipinski definition) is 2. The van der Waals surface area contributed by atoms with E-state index in [9.17, 15) is 4.39 Å². The Morgan fingerprint density at radius 1 is 1.26 bits per heavy atom. The number of rotatable bonds is 5. The molecule has 2 atom stereocenters. The molecule has 1 aromatic carbocycles. The van der Waals surface area contributed by atoms with E-state index in [1.807, 2.05) is 0 Å². The van der Waals surface area contributed by atoms with E-state index in [4.69, 9.17) is 10.5 Å². The zero-order valence-electron chi connectivity index (χ0n) is 11.7. The molecule has 2 N–H and O–H groups in total. The first-order chi connectivity index (χ1) is 9.24. The second-order valence-corrected chi connectivity index (χ2v) is 5.42. The first-order valence-corrected chi connectivity index (χ1v) is 7.33. The monoisotopic (exact) mass is 265 g/mol. The summed E-state index contributed by atoms with van der Waals surface area (Å²) < 4.78 is 19.3. The minimum absolute atomic E-state index is 0.216. The highest BCUT2D eigenvalue weighted by atomic mass is 19.1. The molecular formula is C16H24FNO. The van der Waals surface area contributed by atoms with Crippen LogP contribution in [0.5, 0.6) is 0 Å². The lowest BCUT2D eigenvalue weighted by molar-refractivity contribution is -0.0225. The fraction of sp³-hybridized carbons (Fsp3) is 0.625. The highest BCUT2D eigenvalue weighted by molar-refractivity contribution is 5.27. The van der Waals surface area contributed by atoms with Gasteiger partial charge < -0.3 is 10.5 Å². The van der Waals surface area contributed by atoms with Crippen LogP contribution in [-0.2, 0) is 17.9 Å². The number of halogens is 1. The lowest BCUT2D eigenvalue weighted by atomic mass is 9.85. The van der Waals surface area contributed by atoms with Crippen LogP contribution < -0.4 is 5.73 Å². The third-order valence-corrected chi connectivity index (χ3v) is 4.20. The number of hydrogen-bond donors (Lipinski definition) is 1.